The van der Waals surface area contributed by atoms with Crippen molar-refractivity contribution >= 4 is 0 Å². The molecule has 0 spiro atoms. The number of aromatic amines is 1. The number of benzene rings is 1. The first-order valence-electron chi connectivity index (χ1n) is 5.56. The lowest BCUT2D eigenvalue weighted by molar-refractivity contribution is 0.0482. The molecule has 1 unspecified atom stereocenters. The summed E-state index contributed by atoms with van der Waals surface area (Å²) in [5.41, 5.74) is 2.32. The Bertz CT molecular complexity index is 514. The average Bonchev–Trinajstić information content (AvgIpc) is 2.94. The third-order valence-electron chi connectivity index (χ3n) is 2.52. The Hall–Kier alpha value is -2.16. The van der Waals surface area contributed by atoms with Crippen molar-refractivity contribution in [1.29, 1.82) is 5.26 Å². The average molecular weight is 243 g/mol. The standard InChI is InChI=1S/C13H13N3O2/c14-7-10-1-3-11(4-2-10)13(18-6-5-17)12-8-15-9-16-12/h1-4,8-9,13,17H,5-6H2,(H,15,16). The number of H-pyrrole nitrogens is 1. The molecule has 92 valence electrons. The summed E-state index contributed by atoms with van der Waals surface area (Å²) in [6.45, 7) is 0.199. The van der Waals surface area contributed by atoms with Gasteiger partial charge in [0.25, 0.3) is 0 Å². The van der Waals surface area contributed by atoms with E-state index in [9.17, 15) is 0 Å². The predicted octanol–water partition coefficient (Wildman–Crippen LogP) is 1.38. The van der Waals surface area contributed by atoms with Gasteiger partial charge in [-0.25, -0.2) is 4.98 Å². The molecule has 0 aliphatic heterocycles. The highest BCUT2D eigenvalue weighted by molar-refractivity contribution is 5.34. The maximum atomic E-state index is 8.85. The van der Waals surface area contributed by atoms with Crippen molar-refractivity contribution in [1.82, 2.24) is 9.97 Å². The van der Waals surface area contributed by atoms with E-state index in [2.05, 4.69) is 16.0 Å². The monoisotopic (exact) mass is 243 g/mol. The molecule has 0 aliphatic carbocycles. The number of ether oxygens (including phenoxy) is 1. The fourth-order valence-corrected chi connectivity index (χ4v) is 1.68. The predicted molar refractivity (Wildman–Crippen MR) is 64.6 cm³/mol. The molecule has 1 heterocycles. The number of nitriles is 1. The van der Waals surface area contributed by atoms with Crippen LogP contribution < -0.4 is 0 Å². The lowest BCUT2D eigenvalue weighted by atomic mass is 10.1. The zero-order valence-corrected chi connectivity index (χ0v) is 9.71. The number of hydrogen-bond donors (Lipinski definition) is 2. The van der Waals surface area contributed by atoms with Crippen LogP contribution in [0.15, 0.2) is 36.8 Å². The number of aliphatic hydroxyl groups excluding tert-OH is 1. The normalized spacial score (nSPS) is 12.0. The minimum atomic E-state index is -0.313. The largest absolute Gasteiger partial charge is 0.394 e. The molecule has 0 fully saturated rings. The number of rotatable bonds is 5. The molecule has 2 aromatic rings. The zero-order valence-electron chi connectivity index (χ0n) is 9.71. The highest BCUT2D eigenvalue weighted by Crippen LogP contribution is 2.24. The summed E-state index contributed by atoms with van der Waals surface area (Å²) >= 11 is 0. The molecule has 0 aliphatic rings. The van der Waals surface area contributed by atoms with Gasteiger partial charge in [0, 0.05) is 0 Å². The Morgan fingerprint density at radius 2 is 2.17 bits per heavy atom. The number of aliphatic hydroxyl groups is 1. The van der Waals surface area contributed by atoms with Crippen LogP contribution in [-0.4, -0.2) is 28.3 Å². The van der Waals surface area contributed by atoms with Crippen LogP contribution in [0, 0.1) is 11.3 Å². The summed E-state index contributed by atoms with van der Waals surface area (Å²) in [5.74, 6) is 0. The first kappa shape index (κ1) is 12.3. The molecule has 2 N–H and O–H groups in total. The van der Waals surface area contributed by atoms with E-state index in [1.165, 1.54) is 0 Å². The molecular formula is C13H13N3O2. The molecule has 0 amide bonds. The molecule has 1 atom stereocenters. The molecule has 5 heteroatoms. The second kappa shape index (κ2) is 5.96. The third-order valence-corrected chi connectivity index (χ3v) is 2.52. The topological polar surface area (TPSA) is 81.9 Å². The number of hydrogen-bond acceptors (Lipinski definition) is 4. The minimum Gasteiger partial charge on any atom is -0.394 e. The van der Waals surface area contributed by atoms with Gasteiger partial charge in [-0.2, -0.15) is 5.26 Å². The summed E-state index contributed by atoms with van der Waals surface area (Å²) in [7, 11) is 0. The van der Waals surface area contributed by atoms with Gasteiger partial charge in [0.2, 0.25) is 0 Å². The molecule has 0 bridgehead atoms. The molecule has 0 radical (unpaired) electrons. The lowest BCUT2D eigenvalue weighted by Gasteiger charge is -2.16. The Morgan fingerprint density at radius 3 is 2.72 bits per heavy atom. The van der Waals surface area contributed by atoms with Gasteiger partial charge < -0.3 is 14.8 Å². The Morgan fingerprint density at radius 1 is 1.39 bits per heavy atom. The smallest absolute Gasteiger partial charge is 0.124 e. The summed E-state index contributed by atoms with van der Waals surface area (Å²) in [5, 5.41) is 17.6. The van der Waals surface area contributed by atoms with Crippen molar-refractivity contribution in [3.63, 3.8) is 0 Å². The van der Waals surface area contributed by atoms with Crippen molar-refractivity contribution in [2.24, 2.45) is 0 Å². The van der Waals surface area contributed by atoms with Gasteiger partial charge in [-0.3, -0.25) is 0 Å². The van der Waals surface area contributed by atoms with E-state index in [1.54, 1.807) is 24.7 Å². The van der Waals surface area contributed by atoms with E-state index in [-0.39, 0.29) is 19.3 Å². The van der Waals surface area contributed by atoms with Gasteiger partial charge in [-0.05, 0) is 17.7 Å². The van der Waals surface area contributed by atoms with Crippen LogP contribution in [0.5, 0.6) is 0 Å². The number of nitrogens with zero attached hydrogens (tertiary/aromatic N) is 2. The fourth-order valence-electron chi connectivity index (χ4n) is 1.68. The second-order valence-electron chi connectivity index (χ2n) is 3.72. The van der Waals surface area contributed by atoms with Crippen LogP contribution in [0.3, 0.4) is 0 Å². The highest BCUT2D eigenvalue weighted by atomic mass is 16.5. The first-order chi connectivity index (χ1) is 8.85. The molecule has 0 saturated heterocycles. The van der Waals surface area contributed by atoms with Crippen molar-refractivity contribution in [2.75, 3.05) is 13.2 Å². The van der Waals surface area contributed by atoms with E-state index in [1.807, 2.05) is 12.1 Å². The number of imidazole rings is 1. The van der Waals surface area contributed by atoms with Gasteiger partial charge in [0.05, 0.1) is 43.1 Å². The molecule has 5 nitrogen and oxygen atoms in total. The zero-order chi connectivity index (χ0) is 12.8. The molecular weight excluding hydrogens is 230 g/mol. The van der Waals surface area contributed by atoms with E-state index in [0.717, 1.165) is 11.3 Å². The van der Waals surface area contributed by atoms with Gasteiger partial charge in [-0.1, -0.05) is 12.1 Å². The van der Waals surface area contributed by atoms with Gasteiger partial charge >= 0.3 is 0 Å². The lowest BCUT2D eigenvalue weighted by Crippen LogP contribution is -2.10. The van der Waals surface area contributed by atoms with Crippen molar-refractivity contribution in [3.8, 4) is 6.07 Å². The molecule has 2 rings (SSSR count). The summed E-state index contributed by atoms with van der Waals surface area (Å²) in [4.78, 5) is 6.95. The van der Waals surface area contributed by atoms with Gasteiger partial charge in [0.15, 0.2) is 0 Å². The van der Waals surface area contributed by atoms with E-state index in [0.29, 0.717) is 5.56 Å². The van der Waals surface area contributed by atoms with Crippen molar-refractivity contribution < 1.29 is 9.84 Å². The minimum absolute atomic E-state index is 0.0408. The van der Waals surface area contributed by atoms with E-state index >= 15 is 0 Å². The third kappa shape index (κ3) is 2.74. The molecule has 1 aromatic heterocycles. The number of aromatic nitrogens is 2. The van der Waals surface area contributed by atoms with E-state index < -0.39 is 0 Å². The maximum Gasteiger partial charge on any atom is 0.124 e. The first-order valence-corrected chi connectivity index (χ1v) is 5.56. The summed E-state index contributed by atoms with van der Waals surface area (Å²) in [6, 6.07) is 9.21. The quantitative estimate of drug-likeness (QED) is 0.831. The molecule has 18 heavy (non-hydrogen) atoms. The highest BCUT2D eigenvalue weighted by Gasteiger charge is 2.15. The Balaban J connectivity index is 2.25. The SMILES string of the molecule is N#Cc1ccc(C(OCCO)c2cnc[nH]2)cc1. The van der Waals surface area contributed by atoms with Crippen LogP contribution in [0.2, 0.25) is 0 Å². The van der Waals surface area contributed by atoms with Crippen LogP contribution in [0.25, 0.3) is 0 Å². The molecule has 1 aromatic carbocycles. The van der Waals surface area contributed by atoms with Crippen molar-refractivity contribution in [3.05, 3.63) is 53.6 Å². The Labute approximate surface area is 105 Å². The summed E-state index contributed by atoms with van der Waals surface area (Å²) in [6.07, 6.45) is 2.95. The second-order valence-corrected chi connectivity index (χ2v) is 3.72. The van der Waals surface area contributed by atoms with Crippen LogP contribution in [0.1, 0.15) is 22.9 Å². The van der Waals surface area contributed by atoms with Gasteiger partial charge in [0.1, 0.15) is 6.10 Å². The number of nitrogens with one attached hydrogen (secondary N) is 1. The molecule has 0 saturated carbocycles. The van der Waals surface area contributed by atoms with E-state index in [4.69, 9.17) is 15.1 Å². The Kier molecular flexibility index (Phi) is 4.07. The fraction of sp³-hybridized carbons (Fsp3) is 0.231. The van der Waals surface area contributed by atoms with Crippen LogP contribution in [0.4, 0.5) is 0 Å². The van der Waals surface area contributed by atoms with Gasteiger partial charge in [-0.15, -0.1) is 0 Å². The van der Waals surface area contributed by atoms with Crippen molar-refractivity contribution in [2.45, 2.75) is 6.10 Å². The van der Waals surface area contributed by atoms with Crippen LogP contribution >= 0.6 is 0 Å². The summed E-state index contributed by atoms with van der Waals surface area (Å²) < 4.78 is 5.59. The van der Waals surface area contributed by atoms with Crippen LogP contribution in [-0.2, 0) is 4.74 Å². The maximum absolute atomic E-state index is 8.85.